The molecule has 2 heterocycles. The van der Waals surface area contributed by atoms with E-state index < -0.39 is 11.5 Å². The molecule has 0 bridgehead atoms. The lowest BCUT2D eigenvalue weighted by molar-refractivity contribution is 0.0890. The quantitative estimate of drug-likeness (QED) is 0.644. The van der Waals surface area contributed by atoms with Crippen LogP contribution in [0.25, 0.3) is 6.08 Å². The highest BCUT2D eigenvalue weighted by Crippen LogP contribution is 2.47. The van der Waals surface area contributed by atoms with Crippen molar-refractivity contribution in [1.82, 2.24) is 0 Å². The maximum absolute atomic E-state index is 13.5. The minimum absolute atomic E-state index is 0.0334. The summed E-state index contributed by atoms with van der Waals surface area (Å²) in [6, 6.07) is 5.05. The van der Waals surface area contributed by atoms with Crippen molar-refractivity contribution in [3.63, 3.8) is 0 Å². The molecule has 0 aromatic heterocycles. The normalized spacial score (nSPS) is 18.2. The summed E-state index contributed by atoms with van der Waals surface area (Å²) in [7, 11) is 1.50. The third-order valence-corrected chi connectivity index (χ3v) is 5.76. The summed E-state index contributed by atoms with van der Waals surface area (Å²) in [4.78, 5) is 13.5. The Morgan fingerprint density at radius 1 is 1.22 bits per heavy atom. The molecule has 2 aromatic carbocycles. The average molecular weight is 437 g/mol. The van der Waals surface area contributed by atoms with E-state index in [2.05, 4.69) is 0 Å². The lowest BCUT2D eigenvalue weighted by Gasteiger charge is -2.31. The third-order valence-electron chi connectivity index (χ3n) is 5.76. The van der Waals surface area contributed by atoms with Crippen molar-refractivity contribution in [1.29, 1.82) is 0 Å². The van der Waals surface area contributed by atoms with Gasteiger partial charge in [-0.2, -0.15) is 0 Å². The highest BCUT2D eigenvalue weighted by molar-refractivity contribution is 6.07. The van der Waals surface area contributed by atoms with Crippen LogP contribution in [0.1, 0.15) is 60.7 Å². The number of hydrogen-bond donors (Lipinski definition) is 2. The van der Waals surface area contributed by atoms with Gasteiger partial charge in [0.15, 0.2) is 17.3 Å². The van der Waals surface area contributed by atoms with Crippen LogP contribution in [0.4, 0.5) is 0 Å². The van der Waals surface area contributed by atoms with Crippen molar-refractivity contribution in [2.45, 2.75) is 45.6 Å². The Kier molecular flexibility index (Phi) is 5.41. The zero-order chi connectivity index (χ0) is 23.2. The van der Waals surface area contributed by atoms with Crippen LogP contribution in [0.3, 0.4) is 0 Å². The number of carbonyl (C=O) groups excluding carboxylic acids is 1. The molecule has 0 aliphatic carbocycles. The first-order valence-electron chi connectivity index (χ1n) is 10.6. The van der Waals surface area contributed by atoms with Crippen LogP contribution in [0.2, 0.25) is 0 Å². The maximum atomic E-state index is 13.5. The Morgan fingerprint density at radius 3 is 2.66 bits per heavy atom. The summed E-state index contributed by atoms with van der Waals surface area (Å²) in [6.07, 6.45) is 6.19. The van der Waals surface area contributed by atoms with Crippen LogP contribution in [0, 0.1) is 0 Å². The molecule has 0 spiro atoms. The van der Waals surface area contributed by atoms with Gasteiger partial charge >= 0.3 is 0 Å². The molecule has 1 unspecified atom stereocenters. The zero-order valence-corrected chi connectivity index (χ0v) is 19.0. The van der Waals surface area contributed by atoms with Gasteiger partial charge in [0.05, 0.1) is 18.6 Å². The molecule has 6 nitrogen and oxygen atoms in total. The molecule has 0 amide bonds. The van der Waals surface area contributed by atoms with Crippen molar-refractivity contribution in [3.05, 3.63) is 58.2 Å². The first-order valence-corrected chi connectivity index (χ1v) is 10.6. The standard InChI is InChI=1S/C26H28O6/c1-14(2)6-7-15-10-16(11-19(27)25(15)30-5)18-13-31-21-12-20-17(8-9-26(3,4)32-20)23(28)22(21)24(18)29/h6,8-12,18,27-28H,7,13H2,1-5H3. The fourth-order valence-corrected chi connectivity index (χ4v) is 4.11. The smallest absolute Gasteiger partial charge is 0.181 e. The SMILES string of the molecule is COc1c(O)cc(C2COc3cc4c(c(O)c3C2=O)C=CC(C)(C)O4)cc1CC=C(C)C. The van der Waals surface area contributed by atoms with Crippen LogP contribution in [-0.2, 0) is 6.42 Å². The summed E-state index contributed by atoms with van der Waals surface area (Å²) < 4.78 is 17.2. The second-order valence-corrected chi connectivity index (χ2v) is 8.99. The van der Waals surface area contributed by atoms with E-state index >= 15 is 0 Å². The van der Waals surface area contributed by atoms with Gasteiger partial charge in [-0.05, 0) is 57.9 Å². The number of ketones is 1. The molecule has 2 aliphatic heterocycles. The number of fused-ring (bicyclic) bond motifs is 2. The molecule has 4 rings (SSSR count). The van der Waals surface area contributed by atoms with E-state index in [1.54, 1.807) is 12.1 Å². The van der Waals surface area contributed by atoms with E-state index in [9.17, 15) is 15.0 Å². The molecule has 0 fully saturated rings. The lowest BCUT2D eigenvalue weighted by atomic mass is 9.85. The van der Waals surface area contributed by atoms with Crippen molar-refractivity contribution in [2.24, 2.45) is 0 Å². The number of phenolic OH excluding ortho intramolecular Hbond substituents is 2. The Balaban J connectivity index is 1.75. The van der Waals surface area contributed by atoms with Crippen molar-refractivity contribution in [3.8, 4) is 28.7 Å². The lowest BCUT2D eigenvalue weighted by Crippen LogP contribution is -2.29. The van der Waals surface area contributed by atoms with Crippen molar-refractivity contribution in [2.75, 3.05) is 13.7 Å². The Bertz CT molecular complexity index is 1150. The van der Waals surface area contributed by atoms with Gasteiger partial charge in [0.25, 0.3) is 0 Å². The van der Waals surface area contributed by atoms with E-state index in [1.807, 2.05) is 45.9 Å². The number of Topliss-reactive ketones (excluding diaryl/α,β-unsaturated/α-hetero) is 1. The maximum Gasteiger partial charge on any atom is 0.181 e. The Morgan fingerprint density at radius 2 is 1.97 bits per heavy atom. The molecule has 32 heavy (non-hydrogen) atoms. The topological polar surface area (TPSA) is 85.2 Å². The van der Waals surface area contributed by atoms with Crippen LogP contribution in [-0.4, -0.2) is 35.3 Å². The minimum Gasteiger partial charge on any atom is -0.506 e. The van der Waals surface area contributed by atoms with Gasteiger partial charge in [0.1, 0.15) is 35.0 Å². The van der Waals surface area contributed by atoms with E-state index in [4.69, 9.17) is 14.2 Å². The molecular formula is C26H28O6. The van der Waals surface area contributed by atoms with Crippen molar-refractivity contribution >= 4 is 11.9 Å². The zero-order valence-electron chi connectivity index (χ0n) is 19.0. The molecule has 0 radical (unpaired) electrons. The predicted octanol–water partition coefficient (Wildman–Crippen LogP) is 5.16. The summed E-state index contributed by atoms with van der Waals surface area (Å²) in [6.45, 7) is 7.90. The highest BCUT2D eigenvalue weighted by atomic mass is 16.5. The van der Waals surface area contributed by atoms with Crippen LogP contribution >= 0.6 is 0 Å². The molecule has 168 valence electrons. The van der Waals surface area contributed by atoms with E-state index in [1.165, 1.54) is 13.2 Å². The van der Waals surface area contributed by atoms with Gasteiger partial charge in [-0.25, -0.2) is 0 Å². The van der Waals surface area contributed by atoms with E-state index in [0.717, 1.165) is 11.1 Å². The first kappa shape index (κ1) is 21.8. The van der Waals surface area contributed by atoms with Gasteiger partial charge in [-0.1, -0.05) is 17.7 Å². The van der Waals surface area contributed by atoms with Crippen LogP contribution in [0.5, 0.6) is 28.7 Å². The largest absolute Gasteiger partial charge is 0.506 e. The number of ether oxygens (including phenoxy) is 3. The molecule has 0 saturated carbocycles. The summed E-state index contributed by atoms with van der Waals surface area (Å²) >= 11 is 0. The number of benzene rings is 2. The van der Waals surface area contributed by atoms with Gasteiger partial charge in [0.2, 0.25) is 0 Å². The molecule has 6 heteroatoms. The first-order chi connectivity index (χ1) is 15.1. The molecule has 2 aliphatic rings. The van der Waals surface area contributed by atoms with Gasteiger partial charge in [-0.15, -0.1) is 0 Å². The number of hydrogen-bond acceptors (Lipinski definition) is 6. The number of aromatic hydroxyl groups is 2. The summed E-state index contributed by atoms with van der Waals surface area (Å²) in [5, 5.41) is 21.5. The highest BCUT2D eigenvalue weighted by Gasteiger charge is 2.37. The van der Waals surface area contributed by atoms with E-state index in [0.29, 0.717) is 34.8 Å². The fourth-order valence-electron chi connectivity index (χ4n) is 4.11. The number of rotatable bonds is 4. The Labute approximate surface area is 187 Å². The molecule has 2 aromatic rings. The summed E-state index contributed by atoms with van der Waals surface area (Å²) in [5.41, 5.74) is 2.60. The molecule has 0 saturated heterocycles. The van der Waals surface area contributed by atoms with E-state index in [-0.39, 0.29) is 29.5 Å². The number of allylic oxidation sites excluding steroid dienone is 2. The summed E-state index contributed by atoms with van der Waals surface area (Å²) in [5.74, 6) is 0.0522. The molecule has 2 N–H and O–H groups in total. The molecule has 1 atom stereocenters. The van der Waals surface area contributed by atoms with Gasteiger partial charge in [-0.3, -0.25) is 4.79 Å². The minimum atomic E-state index is -0.668. The number of phenols is 2. The average Bonchev–Trinajstić information content (AvgIpc) is 2.71. The Hall–Kier alpha value is -3.41. The van der Waals surface area contributed by atoms with Crippen LogP contribution in [0.15, 0.2) is 35.9 Å². The number of carbonyl (C=O) groups is 1. The predicted molar refractivity (Wildman–Crippen MR) is 122 cm³/mol. The second-order valence-electron chi connectivity index (χ2n) is 8.99. The van der Waals surface area contributed by atoms with Crippen molar-refractivity contribution < 1.29 is 29.2 Å². The third kappa shape index (κ3) is 3.81. The molecular weight excluding hydrogens is 408 g/mol. The monoisotopic (exact) mass is 436 g/mol. The fraction of sp³-hybridized carbons (Fsp3) is 0.346. The second kappa shape index (κ2) is 7.93. The van der Waals surface area contributed by atoms with Gasteiger partial charge in [0, 0.05) is 11.6 Å². The van der Waals surface area contributed by atoms with Gasteiger partial charge < -0.3 is 24.4 Å². The van der Waals surface area contributed by atoms with Crippen LogP contribution < -0.4 is 14.2 Å². The number of methoxy groups -OCH3 is 1.